The van der Waals surface area contributed by atoms with Crippen LogP contribution in [0.3, 0.4) is 0 Å². The highest BCUT2D eigenvalue weighted by atomic mass is 16.6. The number of ether oxygens (including phenoxy) is 3. The van der Waals surface area contributed by atoms with Gasteiger partial charge in [-0.25, -0.2) is 4.79 Å². The van der Waals surface area contributed by atoms with E-state index in [2.05, 4.69) is 6.58 Å². The van der Waals surface area contributed by atoms with Gasteiger partial charge in [0, 0.05) is 11.5 Å². The van der Waals surface area contributed by atoms with Crippen LogP contribution in [-0.4, -0.2) is 50.2 Å². The molecule has 1 heterocycles. The maximum atomic E-state index is 11.1. The van der Waals surface area contributed by atoms with Gasteiger partial charge in [-0.05, 0) is 6.92 Å². The van der Waals surface area contributed by atoms with Gasteiger partial charge in [-0.15, -0.1) is 0 Å². The molecule has 5 nitrogen and oxygen atoms in total. The number of carbonyl (C=O) groups excluding carboxylic acids is 1. The van der Waals surface area contributed by atoms with Gasteiger partial charge in [0.15, 0.2) is 0 Å². The molecule has 0 aromatic heterocycles. The van der Waals surface area contributed by atoms with Crippen LogP contribution in [0.25, 0.3) is 0 Å². The molecule has 1 N–H and O–H groups in total. The van der Waals surface area contributed by atoms with E-state index in [0.29, 0.717) is 18.8 Å². The average molecular weight is 230 g/mol. The summed E-state index contributed by atoms with van der Waals surface area (Å²) < 4.78 is 15.2. The second kappa shape index (κ2) is 6.62. The van der Waals surface area contributed by atoms with Crippen LogP contribution in [0.15, 0.2) is 12.2 Å². The van der Waals surface area contributed by atoms with Crippen molar-refractivity contribution in [1.82, 2.24) is 0 Å². The number of aliphatic hydroxyl groups is 1. The van der Waals surface area contributed by atoms with E-state index in [1.54, 1.807) is 6.92 Å². The van der Waals surface area contributed by atoms with E-state index in [1.165, 1.54) is 0 Å². The summed E-state index contributed by atoms with van der Waals surface area (Å²) in [5.74, 6) is -0.633. The molecule has 0 spiro atoms. The molecule has 5 heteroatoms. The van der Waals surface area contributed by atoms with Crippen molar-refractivity contribution in [2.45, 2.75) is 13.0 Å². The van der Waals surface area contributed by atoms with Crippen molar-refractivity contribution in [3.8, 4) is 0 Å². The van der Waals surface area contributed by atoms with Crippen molar-refractivity contribution in [2.75, 3.05) is 33.0 Å². The highest BCUT2D eigenvalue weighted by Crippen LogP contribution is 2.09. The Labute approximate surface area is 95.0 Å². The molecule has 0 aliphatic carbocycles. The molecule has 16 heavy (non-hydrogen) atoms. The molecule has 0 aromatic rings. The van der Waals surface area contributed by atoms with E-state index in [0.717, 1.165) is 6.61 Å². The van der Waals surface area contributed by atoms with Gasteiger partial charge in [0.25, 0.3) is 0 Å². The largest absolute Gasteiger partial charge is 0.462 e. The minimum atomic E-state index is -0.441. The van der Waals surface area contributed by atoms with E-state index in [9.17, 15) is 4.79 Å². The fourth-order valence-corrected chi connectivity index (χ4v) is 1.00. The Morgan fingerprint density at radius 2 is 2.31 bits per heavy atom. The quantitative estimate of drug-likeness (QED) is 0.364. The summed E-state index contributed by atoms with van der Waals surface area (Å²) in [6.45, 7) is 6.76. The zero-order chi connectivity index (χ0) is 12.0. The summed E-state index contributed by atoms with van der Waals surface area (Å²) >= 11 is 0. The fraction of sp³-hybridized carbons (Fsp3) is 0.727. The molecule has 0 amide bonds. The van der Waals surface area contributed by atoms with Crippen LogP contribution in [0.1, 0.15) is 6.92 Å². The predicted octanol–water partition coefficient (Wildman–Crippen LogP) is 0.130. The molecule has 1 rings (SSSR count). The lowest BCUT2D eigenvalue weighted by atomic mass is 10.2. The second-order valence-corrected chi connectivity index (χ2v) is 3.92. The van der Waals surface area contributed by atoms with E-state index in [4.69, 9.17) is 19.3 Å². The van der Waals surface area contributed by atoms with Gasteiger partial charge in [-0.1, -0.05) is 6.58 Å². The van der Waals surface area contributed by atoms with Gasteiger partial charge < -0.3 is 19.3 Å². The molecule has 1 aliphatic heterocycles. The van der Waals surface area contributed by atoms with Gasteiger partial charge in [0.2, 0.25) is 0 Å². The summed E-state index contributed by atoms with van der Waals surface area (Å²) in [6, 6.07) is 0. The monoisotopic (exact) mass is 230 g/mol. The van der Waals surface area contributed by atoms with Crippen LogP contribution in [0, 0.1) is 5.92 Å². The zero-order valence-corrected chi connectivity index (χ0v) is 9.48. The van der Waals surface area contributed by atoms with Crippen molar-refractivity contribution in [2.24, 2.45) is 5.92 Å². The van der Waals surface area contributed by atoms with Crippen LogP contribution in [-0.2, 0) is 19.0 Å². The topological polar surface area (TPSA) is 68.3 Å². The van der Waals surface area contributed by atoms with Gasteiger partial charge in [-0.3, -0.25) is 0 Å². The molecule has 92 valence electrons. The normalized spacial score (nSPS) is 20.2. The minimum absolute atomic E-state index is 0.0744. The molecule has 0 saturated carbocycles. The van der Waals surface area contributed by atoms with Crippen LogP contribution < -0.4 is 0 Å². The van der Waals surface area contributed by atoms with Gasteiger partial charge in [0.1, 0.15) is 6.10 Å². The van der Waals surface area contributed by atoms with E-state index >= 15 is 0 Å². The third kappa shape index (κ3) is 5.25. The molecule has 1 aliphatic rings. The lowest BCUT2D eigenvalue weighted by Crippen LogP contribution is -2.23. The van der Waals surface area contributed by atoms with Gasteiger partial charge in [-0.2, -0.15) is 0 Å². The maximum absolute atomic E-state index is 11.1. The standard InChI is InChI=1S/C11H18O5/c1-8(2)11(13)16-5-9(3-12)4-14-6-10-7-15-10/h9-10,12H,1,3-7H2,2H3. The summed E-state index contributed by atoms with van der Waals surface area (Å²) in [4.78, 5) is 11.1. The molecular weight excluding hydrogens is 212 g/mol. The highest BCUT2D eigenvalue weighted by Gasteiger charge is 2.23. The molecular formula is C11H18O5. The summed E-state index contributed by atoms with van der Waals surface area (Å²) in [6.07, 6.45) is 0.206. The van der Waals surface area contributed by atoms with Crippen LogP contribution in [0.4, 0.5) is 0 Å². The first-order valence-electron chi connectivity index (χ1n) is 5.26. The maximum Gasteiger partial charge on any atom is 0.333 e. The van der Waals surface area contributed by atoms with Crippen molar-refractivity contribution in [3.05, 3.63) is 12.2 Å². The number of carbonyl (C=O) groups is 1. The first-order valence-corrected chi connectivity index (χ1v) is 5.26. The summed E-state index contributed by atoms with van der Waals surface area (Å²) in [5, 5.41) is 9.03. The summed E-state index contributed by atoms with van der Waals surface area (Å²) in [7, 11) is 0. The molecule has 0 radical (unpaired) electrons. The lowest BCUT2D eigenvalue weighted by molar-refractivity contribution is -0.141. The van der Waals surface area contributed by atoms with Gasteiger partial charge >= 0.3 is 5.97 Å². The molecule has 0 bridgehead atoms. The number of esters is 1. The van der Waals surface area contributed by atoms with Crippen molar-refractivity contribution in [3.63, 3.8) is 0 Å². The molecule has 1 fully saturated rings. The molecule has 2 unspecified atom stereocenters. The Morgan fingerprint density at radius 1 is 1.62 bits per heavy atom. The van der Waals surface area contributed by atoms with E-state index < -0.39 is 5.97 Å². The summed E-state index contributed by atoms with van der Waals surface area (Å²) in [5.41, 5.74) is 0.351. The predicted molar refractivity (Wildman–Crippen MR) is 56.9 cm³/mol. The Morgan fingerprint density at radius 3 is 2.81 bits per heavy atom. The third-order valence-electron chi connectivity index (χ3n) is 2.12. The third-order valence-corrected chi connectivity index (χ3v) is 2.12. The molecule has 1 saturated heterocycles. The van der Waals surface area contributed by atoms with Crippen LogP contribution >= 0.6 is 0 Å². The highest BCUT2D eigenvalue weighted by molar-refractivity contribution is 5.86. The van der Waals surface area contributed by atoms with E-state index in [1.807, 2.05) is 0 Å². The van der Waals surface area contributed by atoms with Crippen LogP contribution in [0.5, 0.6) is 0 Å². The number of aliphatic hydroxyl groups excluding tert-OH is 1. The molecule has 2 atom stereocenters. The molecule has 0 aromatic carbocycles. The number of hydrogen-bond acceptors (Lipinski definition) is 5. The minimum Gasteiger partial charge on any atom is -0.462 e. The van der Waals surface area contributed by atoms with Gasteiger partial charge in [0.05, 0.1) is 33.0 Å². The van der Waals surface area contributed by atoms with Crippen LogP contribution in [0.2, 0.25) is 0 Å². The Balaban J connectivity index is 2.09. The fourth-order valence-electron chi connectivity index (χ4n) is 1.00. The van der Waals surface area contributed by atoms with Crippen molar-refractivity contribution >= 4 is 5.97 Å². The van der Waals surface area contributed by atoms with Crippen molar-refractivity contribution < 1.29 is 24.1 Å². The number of epoxide rings is 1. The zero-order valence-electron chi connectivity index (χ0n) is 9.48. The van der Waals surface area contributed by atoms with Crippen molar-refractivity contribution in [1.29, 1.82) is 0 Å². The Hall–Kier alpha value is -0.910. The smallest absolute Gasteiger partial charge is 0.333 e. The number of rotatable bonds is 8. The second-order valence-electron chi connectivity index (χ2n) is 3.92. The SMILES string of the molecule is C=C(C)C(=O)OCC(CO)COCC1CO1. The Bertz CT molecular complexity index is 247. The Kier molecular flexibility index (Phi) is 5.45. The van der Waals surface area contributed by atoms with E-state index in [-0.39, 0.29) is 25.2 Å². The first kappa shape index (κ1) is 13.2. The number of hydrogen-bond donors (Lipinski definition) is 1. The first-order chi connectivity index (χ1) is 7.63. The lowest BCUT2D eigenvalue weighted by Gasteiger charge is -2.14. The average Bonchev–Trinajstić information content (AvgIpc) is 3.06.